The lowest BCUT2D eigenvalue weighted by molar-refractivity contribution is -0.121. The molecule has 1 N–H and O–H groups in total. The zero-order chi connectivity index (χ0) is 23.4. The van der Waals surface area contributed by atoms with Crippen LogP contribution in [0.2, 0.25) is 0 Å². The summed E-state index contributed by atoms with van der Waals surface area (Å²) in [5.74, 6) is 0.651. The molecule has 4 rings (SSSR count). The molecule has 0 saturated heterocycles. The maximum atomic E-state index is 13.0. The number of hydrogen-bond acceptors (Lipinski definition) is 5. The van der Waals surface area contributed by atoms with Crippen molar-refractivity contribution in [3.8, 4) is 11.4 Å². The Labute approximate surface area is 191 Å². The fourth-order valence-corrected chi connectivity index (χ4v) is 3.98. The van der Waals surface area contributed by atoms with E-state index in [1.807, 2.05) is 68.4 Å². The molecule has 2 heterocycles. The van der Waals surface area contributed by atoms with Gasteiger partial charge in [-0.3, -0.25) is 9.59 Å². The first-order valence-corrected chi connectivity index (χ1v) is 10.9. The van der Waals surface area contributed by atoms with E-state index in [0.29, 0.717) is 25.0 Å². The average molecular weight is 446 g/mol. The Morgan fingerprint density at radius 3 is 2.52 bits per heavy atom. The number of ether oxygens (including phenoxy) is 1. The SMILES string of the molecule is COc1ccccc1CNC(=O)CCCn1nc(C)c2c(C)n(-c3ccccc3)nc2c1=O. The van der Waals surface area contributed by atoms with Crippen molar-refractivity contribution in [3.63, 3.8) is 0 Å². The minimum Gasteiger partial charge on any atom is -0.496 e. The van der Waals surface area contributed by atoms with Crippen LogP contribution in [-0.2, 0) is 17.9 Å². The number of carbonyl (C=O) groups excluding carboxylic acids is 1. The number of fused-ring (bicyclic) bond motifs is 1. The highest BCUT2D eigenvalue weighted by Gasteiger charge is 2.17. The van der Waals surface area contributed by atoms with Gasteiger partial charge in [-0.25, -0.2) is 9.36 Å². The van der Waals surface area contributed by atoms with E-state index in [2.05, 4.69) is 15.5 Å². The lowest BCUT2D eigenvalue weighted by Crippen LogP contribution is -2.26. The second kappa shape index (κ2) is 9.68. The van der Waals surface area contributed by atoms with Crippen molar-refractivity contribution in [2.45, 2.75) is 39.8 Å². The Morgan fingerprint density at radius 2 is 1.76 bits per heavy atom. The minimum absolute atomic E-state index is 0.0871. The van der Waals surface area contributed by atoms with Crippen molar-refractivity contribution in [1.29, 1.82) is 0 Å². The Balaban J connectivity index is 1.44. The molecule has 1 amide bonds. The molecule has 0 fully saturated rings. The zero-order valence-electron chi connectivity index (χ0n) is 19.0. The molecule has 170 valence electrons. The summed E-state index contributed by atoms with van der Waals surface area (Å²) in [5.41, 5.74) is 3.57. The first-order chi connectivity index (χ1) is 16.0. The van der Waals surface area contributed by atoms with Crippen LogP contribution in [0.3, 0.4) is 0 Å². The molecular formula is C25H27N5O3. The van der Waals surface area contributed by atoms with E-state index in [4.69, 9.17) is 4.74 Å². The predicted octanol–water partition coefficient (Wildman–Crippen LogP) is 3.30. The van der Waals surface area contributed by atoms with Crippen LogP contribution in [0.15, 0.2) is 59.4 Å². The number of amides is 1. The van der Waals surface area contributed by atoms with E-state index in [-0.39, 0.29) is 17.9 Å². The van der Waals surface area contributed by atoms with Crippen LogP contribution in [0.5, 0.6) is 5.75 Å². The van der Waals surface area contributed by atoms with Crippen LogP contribution in [0.25, 0.3) is 16.6 Å². The molecule has 0 atom stereocenters. The number of nitrogens with zero attached hydrogens (tertiary/aromatic N) is 4. The van der Waals surface area contributed by atoms with E-state index in [9.17, 15) is 9.59 Å². The first kappa shape index (κ1) is 22.3. The largest absolute Gasteiger partial charge is 0.496 e. The Bertz CT molecular complexity index is 1340. The Kier molecular flexibility index (Phi) is 6.53. The smallest absolute Gasteiger partial charge is 0.295 e. The van der Waals surface area contributed by atoms with Gasteiger partial charge in [-0.15, -0.1) is 0 Å². The number of aromatic nitrogens is 4. The van der Waals surface area contributed by atoms with Crippen molar-refractivity contribution in [2.24, 2.45) is 0 Å². The maximum absolute atomic E-state index is 13.0. The fraction of sp³-hybridized carbons (Fsp3) is 0.280. The van der Waals surface area contributed by atoms with Crippen LogP contribution in [0.1, 0.15) is 29.8 Å². The molecule has 2 aromatic heterocycles. The highest BCUT2D eigenvalue weighted by atomic mass is 16.5. The first-order valence-electron chi connectivity index (χ1n) is 10.9. The van der Waals surface area contributed by atoms with E-state index in [0.717, 1.165) is 33.8 Å². The maximum Gasteiger partial charge on any atom is 0.295 e. The molecule has 0 bridgehead atoms. The van der Waals surface area contributed by atoms with Crippen LogP contribution in [-0.4, -0.2) is 32.6 Å². The highest BCUT2D eigenvalue weighted by Crippen LogP contribution is 2.21. The second-order valence-corrected chi connectivity index (χ2v) is 7.86. The molecule has 0 aliphatic heterocycles. The molecule has 0 aliphatic rings. The van der Waals surface area contributed by atoms with Crippen molar-refractivity contribution in [2.75, 3.05) is 7.11 Å². The zero-order valence-corrected chi connectivity index (χ0v) is 19.0. The van der Waals surface area contributed by atoms with Crippen molar-refractivity contribution < 1.29 is 9.53 Å². The van der Waals surface area contributed by atoms with E-state index in [1.165, 1.54) is 4.68 Å². The summed E-state index contributed by atoms with van der Waals surface area (Å²) >= 11 is 0. The summed E-state index contributed by atoms with van der Waals surface area (Å²) in [4.78, 5) is 25.3. The number of benzene rings is 2. The standard InChI is InChI=1S/C25H27N5O3/c1-17-23-18(2)30(20-11-5-4-6-12-20)28-24(23)25(32)29(27-17)15-9-14-22(31)26-16-19-10-7-8-13-21(19)33-3/h4-8,10-13H,9,14-16H2,1-3H3,(H,26,31). The summed E-state index contributed by atoms with van der Waals surface area (Å²) < 4.78 is 8.49. The van der Waals surface area contributed by atoms with Crippen LogP contribution in [0.4, 0.5) is 0 Å². The van der Waals surface area contributed by atoms with Gasteiger partial charge >= 0.3 is 0 Å². The van der Waals surface area contributed by atoms with Gasteiger partial charge in [0.25, 0.3) is 5.56 Å². The molecule has 0 radical (unpaired) electrons. The third kappa shape index (κ3) is 4.64. The van der Waals surface area contributed by atoms with Crippen molar-refractivity contribution in [3.05, 3.63) is 81.9 Å². The van der Waals surface area contributed by atoms with Gasteiger partial charge in [0, 0.05) is 25.1 Å². The summed E-state index contributed by atoms with van der Waals surface area (Å²) in [6.07, 6.45) is 0.784. The van der Waals surface area contributed by atoms with Gasteiger partial charge in [-0.2, -0.15) is 10.2 Å². The molecule has 4 aromatic rings. The topological polar surface area (TPSA) is 91.0 Å². The van der Waals surface area contributed by atoms with E-state index in [1.54, 1.807) is 11.8 Å². The summed E-state index contributed by atoms with van der Waals surface area (Å²) in [6, 6.07) is 17.3. The summed E-state index contributed by atoms with van der Waals surface area (Å²) in [6.45, 7) is 4.55. The summed E-state index contributed by atoms with van der Waals surface area (Å²) in [7, 11) is 1.61. The normalized spacial score (nSPS) is 11.0. The lowest BCUT2D eigenvalue weighted by Gasteiger charge is -2.10. The lowest BCUT2D eigenvalue weighted by atomic mass is 10.2. The molecule has 8 nitrogen and oxygen atoms in total. The van der Waals surface area contributed by atoms with Gasteiger partial charge in [0.2, 0.25) is 5.91 Å². The number of para-hydroxylation sites is 2. The van der Waals surface area contributed by atoms with Gasteiger partial charge in [0.1, 0.15) is 5.75 Å². The molecule has 2 aromatic carbocycles. The van der Waals surface area contributed by atoms with Crippen LogP contribution >= 0.6 is 0 Å². The van der Waals surface area contributed by atoms with Crippen LogP contribution < -0.4 is 15.6 Å². The van der Waals surface area contributed by atoms with E-state index < -0.39 is 0 Å². The number of carbonyl (C=O) groups is 1. The third-order valence-electron chi connectivity index (χ3n) is 5.63. The fourth-order valence-electron chi connectivity index (χ4n) is 3.98. The molecule has 0 unspecified atom stereocenters. The number of nitrogens with one attached hydrogen (secondary N) is 1. The number of hydrogen-bond donors (Lipinski definition) is 1. The number of rotatable bonds is 8. The number of aryl methyl sites for hydroxylation is 3. The predicted molar refractivity (Wildman–Crippen MR) is 127 cm³/mol. The van der Waals surface area contributed by atoms with Gasteiger partial charge in [-0.1, -0.05) is 36.4 Å². The average Bonchev–Trinajstić information content (AvgIpc) is 3.19. The third-order valence-corrected chi connectivity index (χ3v) is 5.63. The molecule has 33 heavy (non-hydrogen) atoms. The molecule has 0 saturated carbocycles. The molecule has 0 spiro atoms. The Hall–Kier alpha value is -3.94. The van der Waals surface area contributed by atoms with Crippen LogP contribution in [0, 0.1) is 13.8 Å². The molecule has 8 heteroatoms. The quantitative estimate of drug-likeness (QED) is 0.449. The van der Waals surface area contributed by atoms with E-state index >= 15 is 0 Å². The minimum atomic E-state index is -0.247. The summed E-state index contributed by atoms with van der Waals surface area (Å²) in [5, 5.41) is 12.7. The van der Waals surface area contributed by atoms with Gasteiger partial charge in [0.05, 0.1) is 29.6 Å². The highest BCUT2D eigenvalue weighted by molar-refractivity contribution is 5.83. The number of methoxy groups -OCH3 is 1. The van der Waals surface area contributed by atoms with Gasteiger partial charge in [0.15, 0.2) is 5.52 Å². The van der Waals surface area contributed by atoms with Crippen molar-refractivity contribution in [1.82, 2.24) is 24.9 Å². The molecular weight excluding hydrogens is 418 g/mol. The molecule has 0 aliphatic carbocycles. The van der Waals surface area contributed by atoms with Gasteiger partial charge in [-0.05, 0) is 38.5 Å². The monoisotopic (exact) mass is 445 g/mol. The van der Waals surface area contributed by atoms with Crippen molar-refractivity contribution >= 4 is 16.8 Å². The Morgan fingerprint density at radius 1 is 1.03 bits per heavy atom. The second-order valence-electron chi connectivity index (χ2n) is 7.86. The van der Waals surface area contributed by atoms with Gasteiger partial charge < -0.3 is 10.1 Å².